The minimum Gasteiger partial charge on any atom is -0.394 e. The first-order chi connectivity index (χ1) is 8.56. The number of aliphatic hydroxyl groups is 1. The van der Waals surface area contributed by atoms with Crippen LogP contribution in [-0.2, 0) is 13.6 Å². The highest BCUT2D eigenvalue weighted by atomic mass is 16.6. The molecule has 2 rings (SSSR count). The van der Waals surface area contributed by atoms with Gasteiger partial charge in [0.05, 0.1) is 32.0 Å². The molecule has 0 amide bonds. The Bertz CT molecular complexity index is 586. The summed E-state index contributed by atoms with van der Waals surface area (Å²) in [5.74, 6) is 0.419. The van der Waals surface area contributed by atoms with Crippen molar-refractivity contribution in [1.82, 2.24) is 19.3 Å². The third kappa shape index (κ3) is 1.86. The van der Waals surface area contributed by atoms with Crippen LogP contribution in [0.2, 0.25) is 0 Å². The second kappa shape index (κ2) is 4.57. The quantitative estimate of drug-likeness (QED) is 0.629. The number of aliphatic hydroxyl groups excluding tert-OH is 1. The number of hydrogen-bond donors (Lipinski definition) is 1. The summed E-state index contributed by atoms with van der Waals surface area (Å²) < 4.78 is 3.04. The first kappa shape index (κ1) is 12.2. The molecule has 96 valence electrons. The zero-order valence-electron chi connectivity index (χ0n) is 10.1. The summed E-state index contributed by atoms with van der Waals surface area (Å²) in [6.07, 6.45) is 2.81. The molecule has 8 nitrogen and oxygen atoms in total. The number of aromatic nitrogens is 4. The maximum Gasteiger partial charge on any atom is 0.342 e. The molecule has 0 aliphatic heterocycles. The average Bonchev–Trinajstić information content (AvgIpc) is 2.85. The molecule has 0 saturated heterocycles. The molecule has 0 bridgehead atoms. The van der Waals surface area contributed by atoms with Gasteiger partial charge in [-0.3, -0.25) is 4.68 Å². The van der Waals surface area contributed by atoms with Crippen LogP contribution in [0.25, 0.3) is 11.4 Å². The summed E-state index contributed by atoms with van der Waals surface area (Å²) in [4.78, 5) is 14.3. The van der Waals surface area contributed by atoms with E-state index in [0.29, 0.717) is 12.4 Å². The van der Waals surface area contributed by atoms with Crippen molar-refractivity contribution >= 4 is 5.82 Å². The minimum absolute atomic E-state index is 0.0112. The van der Waals surface area contributed by atoms with Crippen LogP contribution in [0.4, 0.5) is 5.82 Å². The summed E-state index contributed by atoms with van der Waals surface area (Å²) in [7, 11) is 1.59. The molecule has 2 aromatic heterocycles. The van der Waals surface area contributed by atoms with Gasteiger partial charge in [0.15, 0.2) is 0 Å². The zero-order valence-corrected chi connectivity index (χ0v) is 10.1. The number of imidazole rings is 1. The number of nitrogens with zero attached hydrogens (tertiary/aromatic N) is 5. The highest BCUT2D eigenvalue weighted by Crippen LogP contribution is 2.24. The first-order valence-corrected chi connectivity index (χ1v) is 5.36. The topological polar surface area (TPSA) is 99.0 Å². The molecule has 0 radical (unpaired) electrons. The Morgan fingerprint density at radius 1 is 1.50 bits per heavy atom. The smallest absolute Gasteiger partial charge is 0.342 e. The Balaban J connectivity index is 2.46. The zero-order chi connectivity index (χ0) is 13.3. The standard InChI is InChI=1S/C10H13N5O3/c1-7-8(5-12-14(7)3-4-16)10-11-6-9(13(10)2)15(17)18/h5-6,16H,3-4H2,1-2H3. The van der Waals surface area contributed by atoms with Gasteiger partial charge in [0.25, 0.3) is 0 Å². The largest absolute Gasteiger partial charge is 0.394 e. The van der Waals surface area contributed by atoms with Gasteiger partial charge in [-0.25, -0.2) is 9.55 Å². The maximum atomic E-state index is 10.7. The molecule has 0 spiro atoms. The van der Waals surface area contributed by atoms with Gasteiger partial charge in [-0.1, -0.05) is 0 Å². The Labute approximate surface area is 103 Å². The van der Waals surface area contributed by atoms with Crippen molar-refractivity contribution in [3.05, 3.63) is 28.2 Å². The molecule has 2 heterocycles. The molecule has 0 aromatic carbocycles. The fourth-order valence-electron chi connectivity index (χ4n) is 1.81. The van der Waals surface area contributed by atoms with Crippen LogP contribution >= 0.6 is 0 Å². The van der Waals surface area contributed by atoms with Crippen LogP contribution in [0.1, 0.15) is 5.69 Å². The summed E-state index contributed by atoms with van der Waals surface area (Å²) in [6, 6.07) is 0. The highest BCUT2D eigenvalue weighted by molar-refractivity contribution is 5.59. The minimum atomic E-state index is -0.482. The second-order valence-corrected chi connectivity index (χ2v) is 3.85. The normalized spacial score (nSPS) is 10.8. The van der Waals surface area contributed by atoms with E-state index in [1.807, 2.05) is 6.92 Å². The van der Waals surface area contributed by atoms with Crippen molar-refractivity contribution in [3.63, 3.8) is 0 Å². The predicted octanol–water partition coefficient (Wildman–Crippen LogP) is 0.493. The molecule has 0 saturated carbocycles. The van der Waals surface area contributed by atoms with Crippen LogP contribution < -0.4 is 0 Å². The Hall–Kier alpha value is -2.22. The highest BCUT2D eigenvalue weighted by Gasteiger charge is 2.21. The van der Waals surface area contributed by atoms with Gasteiger partial charge in [0, 0.05) is 5.69 Å². The first-order valence-electron chi connectivity index (χ1n) is 5.36. The van der Waals surface area contributed by atoms with Crippen LogP contribution in [0.3, 0.4) is 0 Å². The number of hydrogen-bond acceptors (Lipinski definition) is 5. The molecule has 0 aliphatic carbocycles. The second-order valence-electron chi connectivity index (χ2n) is 3.85. The lowest BCUT2D eigenvalue weighted by atomic mass is 10.2. The lowest BCUT2D eigenvalue weighted by molar-refractivity contribution is -0.391. The van der Waals surface area contributed by atoms with Crippen LogP contribution in [0, 0.1) is 17.0 Å². The van der Waals surface area contributed by atoms with E-state index in [1.165, 1.54) is 10.8 Å². The van der Waals surface area contributed by atoms with Gasteiger partial charge in [-0.05, 0) is 11.8 Å². The van der Waals surface area contributed by atoms with Gasteiger partial charge in [0.2, 0.25) is 5.82 Å². The van der Waals surface area contributed by atoms with E-state index in [9.17, 15) is 10.1 Å². The van der Waals surface area contributed by atoms with E-state index >= 15 is 0 Å². The third-order valence-electron chi connectivity index (χ3n) is 2.81. The van der Waals surface area contributed by atoms with E-state index in [1.54, 1.807) is 17.9 Å². The van der Waals surface area contributed by atoms with Crippen LogP contribution in [-0.4, -0.2) is 36.0 Å². The molecule has 0 fully saturated rings. The summed E-state index contributed by atoms with van der Waals surface area (Å²) >= 11 is 0. The fourth-order valence-corrected chi connectivity index (χ4v) is 1.81. The molecule has 2 aromatic rings. The predicted molar refractivity (Wildman–Crippen MR) is 62.9 cm³/mol. The Morgan fingerprint density at radius 2 is 2.22 bits per heavy atom. The molecule has 0 atom stereocenters. The van der Waals surface area contributed by atoms with E-state index in [2.05, 4.69) is 10.1 Å². The lowest BCUT2D eigenvalue weighted by Gasteiger charge is -2.02. The van der Waals surface area contributed by atoms with E-state index in [0.717, 1.165) is 11.3 Å². The van der Waals surface area contributed by atoms with Crippen molar-refractivity contribution in [2.24, 2.45) is 7.05 Å². The van der Waals surface area contributed by atoms with Crippen LogP contribution in [0.5, 0.6) is 0 Å². The van der Waals surface area contributed by atoms with Crippen molar-refractivity contribution in [1.29, 1.82) is 0 Å². The van der Waals surface area contributed by atoms with E-state index < -0.39 is 4.92 Å². The Morgan fingerprint density at radius 3 is 2.78 bits per heavy atom. The van der Waals surface area contributed by atoms with Gasteiger partial charge in [-0.2, -0.15) is 5.10 Å². The monoisotopic (exact) mass is 251 g/mol. The molecular formula is C10H13N5O3. The number of rotatable bonds is 4. The fraction of sp³-hybridized carbons (Fsp3) is 0.400. The number of nitro groups is 1. The van der Waals surface area contributed by atoms with Gasteiger partial charge in [0.1, 0.15) is 6.20 Å². The van der Waals surface area contributed by atoms with Gasteiger partial charge in [-0.15, -0.1) is 0 Å². The third-order valence-corrected chi connectivity index (χ3v) is 2.81. The van der Waals surface area contributed by atoms with E-state index in [-0.39, 0.29) is 12.4 Å². The van der Waals surface area contributed by atoms with Crippen molar-refractivity contribution < 1.29 is 10.0 Å². The van der Waals surface area contributed by atoms with Crippen molar-refractivity contribution in [2.45, 2.75) is 13.5 Å². The SMILES string of the molecule is Cc1c(-c2ncc([N+](=O)[O-])n2C)cnn1CCO. The summed E-state index contributed by atoms with van der Waals surface area (Å²) in [6.45, 7) is 2.21. The summed E-state index contributed by atoms with van der Waals surface area (Å²) in [5, 5.41) is 23.7. The molecule has 8 heteroatoms. The summed E-state index contributed by atoms with van der Waals surface area (Å²) in [5.41, 5.74) is 1.53. The lowest BCUT2D eigenvalue weighted by Crippen LogP contribution is -2.06. The molecule has 18 heavy (non-hydrogen) atoms. The van der Waals surface area contributed by atoms with Crippen molar-refractivity contribution in [2.75, 3.05) is 6.61 Å². The molecular weight excluding hydrogens is 238 g/mol. The average molecular weight is 251 g/mol. The van der Waals surface area contributed by atoms with E-state index in [4.69, 9.17) is 5.11 Å². The van der Waals surface area contributed by atoms with Gasteiger partial charge < -0.3 is 15.2 Å². The van der Waals surface area contributed by atoms with Crippen LogP contribution in [0.15, 0.2) is 12.4 Å². The Kier molecular flexibility index (Phi) is 3.11. The molecule has 0 unspecified atom stereocenters. The van der Waals surface area contributed by atoms with Gasteiger partial charge >= 0.3 is 5.82 Å². The van der Waals surface area contributed by atoms with Crippen molar-refractivity contribution in [3.8, 4) is 11.4 Å². The maximum absolute atomic E-state index is 10.7. The molecule has 0 aliphatic rings. The molecule has 1 N–H and O–H groups in total.